The Labute approximate surface area is 163 Å². The van der Waals surface area contributed by atoms with Gasteiger partial charge in [-0.2, -0.15) is 35.7 Å². The first-order valence-electron chi connectivity index (χ1n) is 7.83. The van der Waals surface area contributed by atoms with Crippen LogP contribution in [0, 0.1) is 6.92 Å². The lowest BCUT2D eigenvalue weighted by Crippen LogP contribution is -2.15. The van der Waals surface area contributed by atoms with Crippen molar-refractivity contribution in [3.63, 3.8) is 0 Å². The molecule has 0 atom stereocenters. The van der Waals surface area contributed by atoms with Crippen molar-refractivity contribution in [3.8, 4) is 11.4 Å². The second kappa shape index (κ2) is 7.43. The van der Waals surface area contributed by atoms with E-state index in [1.54, 1.807) is 6.92 Å². The summed E-state index contributed by atoms with van der Waals surface area (Å²) in [6.45, 7) is 1.57. The maximum Gasteiger partial charge on any atom is 0.417 e. The zero-order chi connectivity index (χ0) is 21.4. The second-order valence-electron chi connectivity index (χ2n) is 5.74. The fourth-order valence-electron chi connectivity index (χ4n) is 2.53. The molecule has 0 spiro atoms. The van der Waals surface area contributed by atoms with Crippen molar-refractivity contribution >= 4 is 22.6 Å². The highest BCUT2D eigenvalue weighted by atomic mass is 32.1. The number of rotatable bonds is 3. The van der Waals surface area contributed by atoms with E-state index in [0.717, 1.165) is 0 Å². The summed E-state index contributed by atoms with van der Waals surface area (Å²) < 4.78 is 83.3. The van der Waals surface area contributed by atoms with Gasteiger partial charge < -0.3 is 0 Å². The molecule has 0 unspecified atom stereocenters. The Bertz CT molecular complexity index is 1030. The van der Waals surface area contributed by atoms with Crippen LogP contribution in [0.25, 0.3) is 11.4 Å². The average Bonchev–Trinajstić information content (AvgIpc) is 3.08. The Morgan fingerprint density at radius 2 is 1.62 bits per heavy atom. The summed E-state index contributed by atoms with van der Waals surface area (Å²) in [5, 5.41) is 2.06. The van der Waals surface area contributed by atoms with E-state index in [4.69, 9.17) is 0 Å². The maximum absolute atomic E-state index is 13.3. The van der Waals surface area contributed by atoms with Crippen molar-refractivity contribution < 1.29 is 31.1 Å². The molecular weight excluding hydrogens is 422 g/mol. The Balaban J connectivity index is 2.02. The van der Waals surface area contributed by atoms with Crippen molar-refractivity contribution in [2.24, 2.45) is 0 Å². The minimum atomic E-state index is -5.06. The molecule has 0 saturated carbocycles. The molecule has 3 rings (SSSR count). The molecule has 12 heteroatoms. The maximum atomic E-state index is 13.3. The molecule has 0 aliphatic rings. The smallest absolute Gasteiger partial charge is 0.297 e. The molecule has 0 radical (unpaired) electrons. The van der Waals surface area contributed by atoms with Gasteiger partial charge in [0.1, 0.15) is 0 Å². The van der Waals surface area contributed by atoms with Crippen LogP contribution in [0.5, 0.6) is 0 Å². The molecule has 1 N–H and O–H groups in total. The largest absolute Gasteiger partial charge is 0.417 e. The van der Waals surface area contributed by atoms with Crippen LogP contribution in [0.3, 0.4) is 0 Å². The number of carbonyl (C=O) groups excluding carboxylic acids is 1. The highest BCUT2D eigenvalue weighted by Crippen LogP contribution is 2.44. The Hall–Kier alpha value is -3.02. The van der Waals surface area contributed by atoms with E-state index >= 15 is 0 Å². The van der Waals surface area contributed by atoms with Gasteiger partial charge in [-0.05, 0) is 31.2 Å². The molecule has 1 amide bonds. The first kappa shape index (κ1) is 20.7. The van der Waals surface area contributed by atoms with Crippen molar-refractivity contribution in [1.29, 1.82) is 0 Å². The van der Waals surface area contributed by atoms with E-state index in [1.165, 1.54) is 18.3 Å². The van der Waals surface area contributed by atoms with Crippen molar-refractivity contribution in [2.75, 3.05) is 5.32 Å². The zero-order valence-corrected chi connectivity index (χ0v) is 15.2. The predicted octanol–water partition coefficient (Wildman–Crippen LogP) is 5.20. The van der Waals surface area contributed by atoms with Crippen LogP contribution in [-0.2, 0) is 12.4 Å². The first-order chi connectivity index (χ1) is 13.5. The summed E-state index contributed by atoms with van der Waals surface area (Å²) in [4.78, 5) is 19.9. The summed E-state index contributed by atoms with van der Waals surface area (Å²) in [5.74, 6) is -1.45. The first-order valence-corrected chi connectivity index (χ1v) is 8.60. The number of halogens is 6. The minimum Gasteiger partial charge on any atom is -0.297 e. The molecule has 29 heavy (non-hydrogen) atoms. The van der Waals surface area contributed by atoms with Gasteiger partial charge >= 0.3 is 12.4 Å². The Morgan fingerprint density at radius 1 is 1.00 bits per heavy atom. The second-order valence-corrected chi connectivity index (χ2v) is 6.49. The number of hydrogen-bond donors (Lipinski definition) is 1. The van der Waals surface area contributed by atoms with Crippen LogP contribution < -0.4 is 5.32 Å². The van der Waals surface area contributed by atoms with Crippen LogP contribution >= 0.6 is 11.5 Å². The van der Waals surface area contributed by atoms with Gasteiger partial charge in [-0.15, -0.1) is 0 Å². The topological polar surface area (TPSA) is 67.8 Å². The number of hydrogen-bond acceptors (Lipinski definition) is 5. The molecule has 0 aliphatic carbocycles. The highest BCUT2D eigenvalue weighted by Gasteiger charge is 2.42. The number of carbonyl (C=O) groups is 1. The zero-order valence-electron chi connectivity index (χ0n) is 14.4. The van der Waals surface area contributed by atoms with E-state index < -0.39 is 40.8 Å². The summed E-state index contributed by atoms with van der Waals surface area (Å²) in [7, 11) is 0. The van der Waals surface area contributed by atoms with Gasteiger partial charge in [0.25, 0.3) is 5.91 Å². The van der Waals surface area contributed by atoms with Gasteiger partial charge in [0.15, 0.2) is 5.82 Å². The molecule has 5 nitrogen and oxygen atoms in total. The lowest BCUT2D eigenvalue weighted by molar-refractivity contribution is -0.142. The van der Waals surface area contributed by atoms with Crippen LogP contribution in [0.4, 0.5) is 31.5 Å². The Kier molecular flexibility index (Phi) is 5.30. The van der Waals surface area contributed by atoms with E-state index in [1.807, 2.05) is 0 Å². The molecular formula is C17H10F6N4OS. The summed E-state index contributed by atoms with van der Waals surface area (Å²) in [6, 6.07) is 4.66. The molecule has 1 aromatic carbocycles. The van der Waals surface area contributed by atoms with Gasteiger partial charge in [0.05, 0.1) is 16.7 Å². The number of aromatic nitrogens is 3. The molecule has 3 aromatic rings. The normalized spacial score (nSPS) is 12.1. The highest BCUT2D eigenvalue weighted by molar-refractivity contribution is 7.10. The standard InChI is InChI=1S/C17H10F6N4OS/c1-8-9(4-3-7-24-8)14(28)26-15-25-13(27-29-15)12-10(16(18,19)20)5-2-6-11(12)17(21,22)23/h2-7H,1H3,(H,25,26,27,28). The monoisotopic (exact) mass is 432 g/mol. The van der Waals surface area contributed by atoms with E-state index in [2.05, 4.69) is 19.7 Å². The summed E-state index contributed by atoms with van der Waals surface area (Å²) in [5.41, 5.74) is -3.67. The number of aryl methyl sites for hydroxylation is 1. The van der Waals surface area contributed by atoms with Crippen LogP contribution in [0.1, 0.15) is 27.2 Å². The average molecular weight is 432 g/mol. The fourth-order valence-corrected chi connectivity index (χ4v) is 3.10. The number of amides is 1. The van der Waals surface area contributed by atoms with Gasteiger partial charge in [0.2, 0.25) is 5.13 Å². The third-order valence-corrected chi connectivity index (χ3v) is 4.43. The third-order valence-electron chi connectivity index (χ3n) is 3.80. The van der Waals surface area contributed by atoms with Gasteiger partial charge in [-0.3, -0.25) is 15.1 Å². The Morgan fingerprint density at radius 3 is 2.17 bits per heavy atom. The number of benzene rings is 1. The number of nitrogens with zero attached hydrogens (tertiary/aromatic N) is 3. The number of pyridine rings is 1. The fraction of sp³-hybridized carbons (Fsp3) is 0.176. The van der Waals surface area contributed by atoms with Crippen molar-refractivity contribution in [1.82, 2.24) is 14.3 Å². The quantitative estimate of drug-likeness (QED) is 0.578. The SMILES string of the molecule is Cc1ncccc1C(=O)Nc1nc(-c2c(C(F)(F)F)cccc2C(F)(F)F)ns1. The molecule has 2 aromatic heterocycles. The van der Waals surface area contributed by atoms with E-state index in [9.17, 15) is 31.1 Å². The van der Waals surface area contributed by atoms with Crippen LogP contribution in [0.2, 0.25) is 0 Å². The van der Waals surface area contributed by atoms with Crippen LogP contribution in [-0.4, -0.2) is 20.2 Å². The molecule has 152 valence electrons. The summed E-state index contributed by atoms with van der Waals surface area (Å²) in [6.07, 6.45) is -8.65. The third kappa shape index (κ3) is 4.36. The summed E-state index contributed by atoms with van der Waals surface area (Å²) >= 11 is 0.464. The van der Waals surface area contributed by atoms with E-state index in [0.29, 0.717) is 35.4 Å². The van der Waals surface area contributed by atoms with E-state index in [-0.39, 0.29) is 10.7 Å². The van der Waals surface area contributed by atoms with Crippen LogP contribution in [0.15, 0.2) is 36.5 Å². The molecule has 0 fully saturated rings. The predicted molar refractivity (Wildman–Crippen MR) is 92.3 cm³/mol. The van der Waals surface area contributed by atoms with Crippen molar-refractivity contribution in [2.45, 2.75) is 19.3 Å². The molecule has 2 heterocycles. The molecule has 0 bridgehead atoms. The van der Waals surface area contributed by atoms with Gasteiger partial charge in [-0.25, -0.2) is 0 Å². The number of alkyl halides is 6. The van der Waals surface area contributed by atoms with Gasteiger partial charge in [0, 0.05) is 29.0 Å². The lowest BCUT2D eigenvalue weighted by Gasteiger charge is -2.16. The molecule has 0 saturated heterocycles. The van der Waals surface area contributed by atoms with Crippen molar-refractivity contribution in [3.05, 3.63) is 58.9 Å². The van der Waals surface area contributed by atoms with Gasteiger partial charge in [-0.1, -0.05) is 6.07 Å². The number of nitrogens with one attached hydrogen (secondary N) is 1. The lowest BCUT2D eigenvalue weighted by atomic mass is 9.99. The number of anilines is 1. The minimum absolute atomic E-state index is 0.177. The molecule has 0 aliphatic heterocycles.